The third-order valence-electron chi connectivity index (χ3n) is 13.0. The number of nitrogens with one attached hydrogen (secondary N) is 2. The molecule has 2 N–H and O–H groups in total. The minimum atomic E-state index is -0.941. The van der Waals surface area contributed by atoms with Crippen LogP contribution >= 0.6 is 0 Å². The molecule has 6 rings (SSSR count). The van der Waals surface area contributed by atoms with Crippen molar-refractivity contribution in [1.82, 2.24) is 30.1 Å². The lowest BCUT2D eigenvalue weighted by Gasteiger charge is -2.37. The summed E-state index contributed by atoms with van der Waals surface area (Å²) < 4.78 is 20.2. The van der Waals surface area contributed by atoms with E-state index < -0.39 is 29.0 Å². The van der Waals surface area contributed by atoms with Gasteiger partial charge in [-0.25, -0.2) is 5.43 Å². The number of hydrazine groups is 1. The predicted molar refractivity (Wildman–Crippen MR) is 259 cm³/mol. The normalized spacial score (nSPS) is 20.2. The van der Waals surface area contributed by atoms with Gasteiger partial charge in [-0.15, -0.1) is 0 Å². The Morgan fingerprint density at radius 3 is 2.58 bits per heavy atom. The molecule has 2 fully saturated rings. The van der Waals surface area contributed by atoms with Gasteiger partial charge < -0.3 is 29.0 Å². The number of ether oxygens (including phenoxy) is 3. The van der Waals surface area contributed by atoms with Crippen molar-refractivity contribution in [3.63, 3.8) is 0 Å². The van der Waals surface area contributed by atoms with Crippen molar-refractivity contribution in [3.8, 4) is 23.0 Å². The minimum Gasteiger partial charge on any atom is -0.464 e. The molecule has 354 valence electrons. The Morgan fingerprint density at radius 1 is 1.15 bits per heavy atom. The molecule has 3 amide bonds. The number of esters is 1. The second-order valence-electron chi connectivity index (χ2n) is 19.0. The quantitative estimate of drug-likeness (QED) is 0.0974. The fourth-order valence-corrected chi connectivity index (χ4v) is 8.59. The number of aliphatic imine (C=N–C) groups is 1. The smallest absolute Gasteiger partial charge is 0.324 e. The van der Waals surface area contributed by atoms with Crippen molar-refractivity contribution in [1.29, 1.82) is 0 Å². The number of fused-ring (bicyclic) bond motifs is 6. The summed E-state index contributed by atoms with van der Waals surface area (Å²) in [6.07, 6.45) is 4.99. The number of amides is 3. The molecule has 14 nitrogen and oxygen atoms in total. The van der Waals surface area contributed by atoms with Gasteiger partial charge in [0.15, 0.2) is 0 Å². The summed E-state index contributed by atoms with van der Waals surface area (Å²) in [5.41, 5.74) is 9.78. The van der Waals surface area contributed by atoms with Crippen molar-refractivity contribution < 1.29 is 33.4 Å². The molecule has 14 heteroatoms. The first-order valence-electron chi connectivity index (χ1n) is 23.2. The van der Waals surface area contributed by atoms with E-state index in [0.29, 0.717) is 45.4 Å². The van der Waals surface area contributed by atoms with Crippen LogP contribution < -0.4 is 10.7 Å². The van der Waals surface area contributed by atoms with Gasteiger partial charge in [0.05, 0.1) is 42.4 Å². The van der Waals surface area contributed by atoms with Gasteiger partial charge in [0.2, 0.25) is 5.91 Å². The third-order valence-corrected chi connectivity index (χ3v) is 13.0. The zero-order valence-corrected chi connectivity index (χ0v) is 40.6. The molecular formula is C52H69N7O7. The number of hydrogen-bond acceptors (Lipinski definition) is 10. The molecule has 3 aliphatic heterocycles. The molecule has 1 aromatic heterocycles. The number of allylic oxidation sites excluding steroid dienone is 2. The van der Waals surface area contributed by atoms with Crippen LogP contribution in [0.4, 0.5) is 0 Å². The first-order chi connectivity index (χ1) is 31.4. The van der Waals surface area contributed by atoms with Crippen molar-refractivity contribution in [2.75, 3.05) is 54.1 Å². The number of cyclic esters (lactones) is 1. The Morgan fingerprint density at radius 2 is 1.89 bits per heavy atom. The van der Waals surface area contributed by atoms with Crippen LogP contribution in [0, 0.1) is 17.3 Å². The van der Waals surface area contributed by atoms with Crippen LogP contribution in [0.3, 0.4) is 0 Å². The highest BCUT2D eigenvalue weighted by atomic mass is 16.5. The van der Waals surface area contributed by atoms with Crippen LogP contribution in [0.1, 0.15) is 84.5 Å². The van der Waals surface area contributed by atoms with Crippen LogP contribution in [0.25, 0.3) is 27.6 Å². The Kier molecular flexibility index (Phi) is 16.1. The van der Waals surface area contributed by atoms with Gasteiger partial charge in [-0.3, -0.25) is 34.1 Å². The van der Waals surface area contributed by atoms with Crippen molar-refractivity contribution in [2.24, 2.45) is 10.4 Å². The fraction of sp³-hybridized carbons (Fsp3) is 0.519. The lowest BCUT2D eigenvalue weighted by molar-refractivity contribution is -0.155. The van der Waals surface area contributed by atoms with E-state index in [1.807, 2.05) is 64.9 Å². The summed E-state index contributed by atoms with van der Waals surface area (Å²) in [5, 5.41) is 5.51. The minimum absolute atomic E-state index is 0.0183. The predicted octanol–water partition coefficient (Wildman–Crippen LogP) is 5.96. The highest BCUT2D eigenvalue weighted by molar-refractivity contribution is 5.96. The van der Waals surface area contributed by atoms with E-state index in [2.05, 4.69) is 84.8 Å². The van der Waals surface area contributed by atoms with Crippen LogP contribution in [0.2, 0.25) is 0 Å². The number of benzene rings is 2. The summed E-state index contributed by atoms with van der Waals surface area (Å²) in [4.78, 5) is 62.8. The molecule has 0 radical (unpaired) electrons. The van der Waals surface area contributed by atoms with Gasteiger partial charge in [-0.2, -0.15) is 0 Å². The zero-order valence-electron chi connectivity index (χ0n) is 40.6. The summed E-state index contributed by atoms with van der Waals surface area (Å²) >= 11 is 0. The molecule has 4 heterocycles. The Balaban J connectivity index is 1.30. The van der Waals surface area contributed by atoms with E-state index in [1.165, 1.54) is 5.01 Å². The highest BCUT2D eigenvalue weighted by Crippen LogP contribution is 2.40. The number of likely N-dealkylation sites (tertiary alicyclic amines) is 1. The first-order valence-corrected chi connectivity index (χ1v) is 23.2. The molecule has 0 aliphatic carbocycles. The Labute approximate surface area is 390 Å². The fourth-order valence-electron chi connectivity index (χ4n) is 8.59. The second kappa shape index (κ2) is 21.4. The summed E-state index contributed by atoms with van der Waals surface area (Å²) in [6, 6.07) is 12.9. The van der Waals surface area contributed by atoms with Crippen molar-refractivity contribution in [2.45, 2.75) is 117 Å². The summed E-state index contributed by atoms with van der Waals surface area (Å²) in [6.45, 7) is 20.5. The maximum Gasteiger partial charge on any atom is 0.324 e. The van der Waals surface area contributed by atoms with Gasteiger partial charge >= 0.3 is 5.97 Å². The van der Waals surface area contributed by atoms with E-state index in [-0.39, 0.29) is 56.0 Å². The number of nitrogens with zero attached hydrogens (tertiary/aromatic N) is 5. The molecule has 3 atom stereocenters. The number of hydrogen-bond donors (Lipinski definition) is 2. The average molecular weight is 904 g/mol. The molecule has 0 saturated carbocycles. The molecule has 6 bridgehead atoms. The molecule has 0 spiro atoms. The maximum atomic E-state index is 14.4. The monoisotopic (exact) mass is 904 g/mol. The SMILES string of the molecule is C=C/C(=C(\N=CC)[C@H](C)OC)c1c2c3cc(ccc3n1CC)-c1cccc(c1)C[C@H](NC(=O)CCOC1CN(C(=O)C#CC(C)(C)N(C)C)C1)C(=O)N1CCC[C@H](N1)C(=O)OCC(C)(C)C2. The molecule has 3 aliphatic rings. The molecule has 0 unspecified atom stereocenters. The van der Waals surface area contributed by atoms with Crippen LogP contribution in [-0.2, 0) is 52.8 Å². The zero-order chi connectivity index (χ0) is 47.9. The maximum absolute atomic E-state index is 14.4. The number of aryl methyl sites for hydroxylation is 1. The van der Waals surface area contributed by atoms with Gasteiger partial charge in [0.1, 0.15) is 12.1 Å². The number of aromatic nitrogens is 1. The largest absolute Gasteiger partial charge is 0.464 e. The molecule has 2 aromatic carbocycles. The summed E-state index contributed by atoms with van der Waals surface area (Å²) in [7, 11) is 5.51. The van der Waals surface area contributed by atoms with E-state index in [4.69, 9.17) is 19.2 Å². The van der Waals surface area contributed by atoms with Gasteiger partial charge in [0.25, 0.3) is 11.8 Å². The standard InChI is InChI=1S/C52H69N7O7/c1-12-39(47(53-13-2)34(4)64-11)48-41-30-51(5,6)33-66-50(63)42-19-16-25-59(55-42)49(62)43(28-35-17-15-18-36(27-35)37-20-21-44(40(41)29-37)58(48)14-3)54-45(60)23-26-65-38-31-57(32-38)46(61)22-24-52(7,8)56(9)10/h12-13,15,17-18,20-21,27,29,34,38,42-43,55H,1,14,16,19,23,25-26,28,30-33H2,2-11H3,(H,54,60)/b47-39+,53-13?/t34-,42-,43-/m0/s1. The van der Waals surface area contributed by atoms with Gasteiger partial charge in [0, 0.05) is 74.2 Å². The van der Waals surface area contributed by atoms with Crippen LogP contribution in [0.15, 0.2) is 65.8 Å². The first kappa shape index (κ1) is 49.8. The van der Waals surface area contributed by atoms with Gasteiger partial charge in [-0.05, 0) is 108 Å². The lowest BCUT2D eigenvalue weighted by Crippen LogP contribution is -2.60. The van der Waals surface area contributed by atoms with E-state index in [9.17, 15) is 19.2 Å². The number of methoxy groups -OCH3 is 1. The van der Waals surface area contributed by atoms with Crippen molar-refractivity contribution in [3.05, 3.63) is 77.6 Å². The number of carbonyl (C=O) groups is 4. The number of rotatable bonds is 12. The molecule has 2 saturated heterocycles. The van der Waals surface area contributed by atoms with E-state index in [1.54, 1.807) is 18.2 Å². The Bertz CT molecular complexity index is 2430. The van der Waals surface area contributed by atoms with E-state index >= 15 is 0 Å². The lowest BCUT2D eigenvalue weighted by atomic mass is 9.84. The average Bonchev–Trinajstić information content (AvgIpc) is 3.58. The van der Waals surface area contributed by atoms with Crippen molar-refractivity contribution >= 4 is 46.4 Å². The Hall–Kier alpha value is -5.59. The summed E-state index contributed by atoms with van der Waals surface area (Å²) in [5.74, 6) is 4.38. The highest BCUT2D eigenvalue weighted by Gasteiger charge is 2.36. The molecule has 3 aromatic rings. The second-order valence-corrected chi connectivity index (χ2v) is 19.0. The van der Waals surface area contributed by atoms with Crippen LogP contribution in [0.5, 0.6) is 0 Å². The molecule has 66 heavy (non-hydrogen) atoms. The van der Waals surface area contributed by atoms with Crippen LogP contribution in [-0.4, -0.2) is 133 Å². The van der Waals surface area contributed by atoms with Gasteiger partial charge in [-0.1, -0.05) is 62.8 Å². The topological polar surface area (TPSA) is 147 Å². The molecular weight excluding hydrogens is 835 g/mol. The third kappa shape index (κ3) is 11.5. The number of carbonyl (C=O) groups excluding carboxylic acids is 4. The van der Waals surface area contributed by atoms with E-state index in [0.717, 1.165) is 50.1 Å².